The van der Waals surface area contributed by atoms with Crippen LogP contribution in [0.1, 0.15) is 53.8 Å². The van der Waals surface area contributed by atoms with Crippen LogP contribution in [0.5, 0.6) is 0 Å². The Morgan fingerprint density at radius 2 is 1.90 bits per heavy atom. The third-order valence-corrected chi connectivity index (χ3v) is 5.86. The maximum absolute atomic E-state index is 3.63. The van der Waals surface area contributed by atoms with Gasteiger partial charge in [-0.2, -0.15) is 0 Å². The first-order valence-corrected chi connectivity index (χ1v) is 9.27. The molecule has 2 heterocycles. The van der Waals surface area contributed by atoms with E-state index in [4.69, 9.17) is 0 Å². The van der Waals surface area contributed by atoms with E-state index in [0.29, 0.717) is 0 Å². The highest BCUT2D eigenvalue weighted by molar-refractivity contribution is 7.12. The Labute approximate surface area is 127 Å². The SMILES string of the molecule is c1c(CNCCCN2CCCCC2)sc2c1CCCC2. The van der Waals surface area contributed by atoms with Crippen LogP contribution in [0.4, 0.5) is 0 Å². The lowest BCUT2D eigenvalue weighted by atomic mass is 9.99. The first kappa shape index (κ1) is 14.6. The molecular formula is C17H28N2S. The fourth-order valence-electron chi connectivity index (χ4n) is 3.46. The molecule has 3 rings (SSSR count). The second-order valence-corrected chi connectivity index (χ2v) is 7.52. The minimum atomic E-state index is 1.08. The average molecular weight is 292 g/mol. The summed E-state index contributed by atoms with van der Waals surface area (Å²) < 4.78 is 0. The minimum absolute atomic E-state index is 1.08. The van der Waals surface area contributed by atoms with Gasteiger partial charge in [-0.15, -0.1) is 11.3 Å². The van der Waals surface area contributed by atoms with Crippen molar-refractivity contribution in [3.63, 3.8) is 0 Å². The number of hydrogen-bond acceptors (Lipinski definition) is 3. The van der Waals surface area contributed by atoms with E-state index in [2.05, 4.69) is 16.3 Å². The predicted molar refractivity (Wildman–Crippen MR) is 87.6 cm³/mol. The molecule has 2 aliphatic rings. The molecule has 0 spiro atoms. The zero-order valence-electron chi connectivity index (χ0n) is 12.6. The molecule has 2 nitrogen and oxygen atoms in total. The second-order valence-electron chi connectivity index (χ2n) is 6.30. The van der Waals surface area contributed by atoms with Crippen molar-refractivity contribution in [3.8, 4) is 0 Å². The molecule has 112 valence electrons. The Morgan fingerprint density at radius 1 is 1.05 bits per heavy atom. The molecule has 1 aliphatic heterocycles. The van der Waals surface area contributed by atoms with Crippen molar-refractivity contribution in [1.82, 2.24) is 10.2 Å². The fraction of sp³-hybridized carbons (Fsp3) is 0.765. The largest absolute Gasteiger partial charge is 0.312 e. The molecule has 0 atom stereocenters. The molecule has 1 N–H and O–H groups in total. The molecule has 0 amide bonds. The number of rotatable bonds is 6. The van der Waals surface area contributed by atoms with Crippen LogP contribution in [-0.4, -0.2) is 31.1 Å². The molecular weight excluding hydrogens is 264 g/mol. The first-order valence-electron chi connectivity index (χ1n) is 8.45. The van der Waals surface area contributed by atoms with Gasteiger partial charge >= 0.3 is 0 Å². The van der Waals surface area contributed by atoms with Gasteiger partial charge in [-0.1, -0.05) is 6.42 Å². The van der Waals surface area contributed by atoms with E-state index in [-0.39, 0.29) is 0 Å². The number of thiophene rings is 1. The van der Waals surface area contributed by atoms with Gasteiger partial charge in [0, 0.05) is 16.3 Å². The van der Waals surface area contributed by atoms with E-state index in [0.717, 1.165) is 6.54 Å². The number of aryl methyl sites for hydroxylation is 2. The summed E-state index contributed by atoms with van der Waals surface area (Å²) in [7, 11) is 0. The van der Waals surface area contributed by atoms with Crippen molar-refractivity contribution < 1.29 is 0 Å². The maximum atomic E-state index is 3.63. The molecule has 0 aromatic carbocycles. The Kier molecular flexibility index (Phi) is 5.51. The van der Waals surface area contributed by atoms with Gasteiger partial charge in [-0.3, -0.25) is 0 Å². The van der Waals surface area contributed by atoms with Crippen LogP contribution < -0.4 is 5.32 Å². The van der Waals surface area contributed by atoms with Crippen molar-refractivity contribution >= 4 is 11.3 Å². The van der Waals surface area contributed by atoms with Crippen molar-refractivity contribution in [2.45, 2.75) is 57.9 Å². The standard InChI is InChI=1S/C17H28N2S/c1-4-10-19(11-5-1)12-6-9-18-14-16-13-15-7-2-3-8-17(15)20-16/h13,18H,1-12,14H2. The molecule has 0 bridgehead atoms. The molecule has 1 aromatic rings. The smallest absolute Gasteiger partial charge is 0.0299 e. The van der Waals surface area contributed by atoms with E-state index in [1.807, 2.05) is 11.3 Å². The summed E-state index contributed by atoms with van der Waals surface area (Å²) in [6.07, 6.45) is 11.0. The van der Waals surface area contributed by atoms with Gasteiger partial charge in [0.1, 0.15) is 0 Å². The highest BCUT2D eigenvalue weighted by Gasteiger charge is 2.13. The van der Waals surface area contributed by atoms with Crippen LogP contribution in [0.3, 0.4) is 0 Å². The van der Waals surface area contributed by atoms with E-state index in [1.165, 1.54) is 77.5 Å². The molecule has 1 aliphatic carbocycles. The van der Waals surface area contributed by atoms with E-state index in [1.54, 1.807) is 15.3 Å². The average Bonchev–Trinajstić information content (AvgIpc) is 2.90. The van der Waals surface area contributed by atoms with E-state index in [9.17, 15) is 0 Å². The molecule has 1 aromatic heterocycles. The number of likely N-dealkylation sites (tertiary alicyclic amines) is 1. The highest BCUT2D eigenvalue weighted by Crippen LogP contribution is 2.29. The summed E-state index contributed by atoms with van der Waals surface area (Å²) >= 11 is 2.05. The lowest BCUT2D eigenvalue weighted by Crippen LogP contribution is -2.32. The number of piperidine rings is 1. The van der Waals surface area contributed by atoms with Crippen LogP contribution in [-0.2, 0) is 19.4 Å². The van der Waals surface area contributed by atoms with Gasteiger partial charge in [0.05, 0.1) is 0 Å². The Hall–Kier alpha value is -0.380. The molecule has 0 saturated carbocycles. The summed E-state index contributed by atoms with van der Waals surface area (Å²) in [5, 5.41) is 3.63. The lowest BCUT2D eigenvalue weighted by Gasteiger charge is -2.26. The van der Waals surface area contributed by atoms with Crippen LogP contribution in [0.2, 0.25) is 0 Å². The Balaban J connectivity index is 1.32. The van der Waals surface area contributed by atoms with E-state index < -0.39 is 0 Å². The van der Waals surface area contributed by atoms with Crippen LogP contribution in [0.25, 0.3) is 0 Å². The quantitative estimate of drug-likeness (QED) is 0.806. The monoisotopic (exact) mass is 292 g/mol. The summed E-state index contributed by atoms with van der Waals surface area (Å²) in [6, 6.07) is 2.46. The predicted octanol–water partition coefficient (Wildman–Crippen LogP) is 3.59. The van der Waals surface area contributed by atoms with Gasteiger partial charge < -0.3 is 10.2 Å². The molecule has 20 heavy (non-hydrogen) atoms. The van der Waals surface area contributed by atoms with Crippen molar-refractivity contribution in [2.24, 2.45) is 0 Å². The Morgan fingerprint density at radius 3 is 2.75 bits per heavy atom. The summed E-state index contributed by atoms with van der Waals surface area (Å²) in [4.78, 5) is 5.85. The molecule has 0 radical (unpaired) electrons. The third kappa shape index (κ3) is 4.06. The number of nitrogens with zero attached hydrogens (tertiary/aromatic N) is 1. The van der Waals surface area contributed by atoms with Crippen molar-refractivity contribution in [1.29, 1.82) is 0 Å². The second kappa shape index (κ2) is 7.58. The molecule has 1 fully saturated rings. The van der Waals surface area contributed by atoms with Gasteiger partial charge in [0.2, 0.25) is 0 Å². The fourth-order valence-corrected chi connectivity index (χ4v) is 4.69. The van der Waals surface area contributed by atoms with Gasteiger partial charge in [0.25, 0.3) is 0 Å². The van der Waals surface area contributed by atoms with E-state index >= 15 is 0 Å². The Bertz CT molecular complexity index is 384. The number of nitrogens with one attached hydrogen (secondary N) is 1. The molecule has 0 unspecified atom stereocenters. The first-order chi connectivity index (χ1) is 9.92. The summed E-state index contributed by atoms with van der Waals surface area (Å²) in [5.74, 6) is 0. The molecule has 3 heteroatoms. The lowest BCUT2D eigenvalue weighted by molar-refractivity contribution is 0.226. The van der Waals surface area contributed by atoms with Crippen molar-refractivity contribution in [3.05, 3.63) is 21.4 Å². The molecule has 1 saturated heterocycles. The maximum Gasteiger partial charge on any atom is 0.0299 e. The van der Waals surface area contributed by atoms with Gasteiger partial charge in [-0.25, -0.2) is 0 Å². The highest BCUT2D eigenvalue weighted by atomic mass is 32.1. The zero-order valence-corrected chi connectivity index (χ0v) is 13.4. The number of hydrogen-bond donors (Lipinski definition) is 1. The summed E-state index contributed by atoms with van der Waals surface area (Å²) in [6.45, 7) is 6.19. The minimum Gasteiger partial charge on any atom is -0.312 e. The van der Waals surface area contributed by atoms with Gasteiger partial charge in [0.15, 0.2) is 0 Å². The third-order valence-electron chi connectivity index (χ3n) is 4.62. The number of fused-ring (bicyclic) bond motifs is 1. The van der Waals surface area contributed by atoms with Crippen molar-refractivity contribution in [2.75, 3.05) is 26.2 Å². The zero-order chi connectivity index (χ0) is 13.6. The topological polar surface area (TPSA) is 15.3 Å². The normalized spacial score (nSPS) is 20.0. The van der Waals surface area contributed by atoms with Crippen LogP contribution in [0, 0.1) is 0 Å². The van der Waals surface area contributed by atoms with Gasteiger partial charge in [-0.05, 0) is 82.8 Å². The summed E-state index contributed by atoms with van der Waals surface area (Å²) in [5.41, 5.74) is 1.64. The van der Waals surface area contributed by atoms with Crippen LogP contribution >= 0.6 is 11.3 Å². The van der Waals surface area contributed by atoms with Crippen LogP contribution in [0.15, 0.2) is 6.07 Å².